The summed E-state index contributed by atoms with van der Waals surface area (Å²) in [6.07, 6.45) is 2.87. The number of carbonyl (C=O) groups is 1. The van der Waals surface area contributed by atoms with E-state index in [0.717, 1.165) is 6.07 Å². The normalized spacial score (nSPS) is 12.5. The molecule has 3 aromatic rings. The van der Waals surface area contributed by atoms with E-state index in [2.05, 4.69) is 20.5 Å². The Morgan fingerprint density at radius 1 is 1.33 bits per heavy atom. The number of nitrogen functional groups attached to an aromatic ring is 1. The number of nitriles is 1. The van der Waals surface area contributed by atoms with Crippen LogP contribution in [-0.4, -0.2) is 33.8 Å². The van der Waals surface area contributed by atoms with Gasteiger partial charge < -0.3 is 10.5 Å². The lowest BCUT2D eigenvalue weighted by Crippen LogP contribution is -2.14. The van der Waals surface area contributed by atoms with Crippen LogP contribution < -0.4 is 15.9 Å². The van der Waals surface area contributed by atoms with Crippen LogP contribution in [0.5, 0.6) is 5.88 Å². The fraction of sp³-hybridized carbons (Fsp3) is 0.208. The van der Waals surface area contributed by atoms with Crippen molar-refractivity contribution in [3.63, 3.8) is 0 Å². The first-order valence-corrected chi connectivity index (χ1v) is 10.6. The van der Waals surface area contributed by atoms with Crippen molar-refractivity contribution in [3.8, 4) is 17.6 Å². The van der Waals surface area contributed by atoms with Gasteiger partial charge in [-0.05, 0) is 42.7 Å². The zero-order valence-electron chi connectivity index (χ0n) is 19.1. The molecular formula is C24H22F3N7O2. The molecule has 36 heavy (non-hydrogen) atoms. The SMILES string of the molecule is COc1nc(/C=C/C(=O)N/N=C/CCC(C#N)c2ccccc2C(F)(F)F)ccc1-n1cnc(N)c1. The molecule has 0 spiro atoms. The van der Waals surface area contributed by atoms with Crippen LogP contribution in [0.2, 0.25) is 0 Å². The molecule has 0 aliphatic heterocycles. The van der Waals surface area contributed by atoms with Crippen molar-refractivity contribution in [2.24, 2.45) is 5.10 Å². The number of imidazole rings is 1. The predicted molar refractivity (Wildman–Crippen MR) is 127 cm³/mol. The minimum atomic E-state index is -4.55. The van der Waals surface area contributed by atoms with Crippen molar-refractivity contribution < 1.29 is 22.7 Å². The summed E-state index contributed by atoms with van der Waals surface area (Å²) in [7, 11) is 1.46. The van der Waals surface area contributed by atoms with Crippen molar-refractivity contribution in [2.45, 2.75) is 24.9 Å². The van der Waals surface area contributed by atoms with Crippen molar-refractivity contribution in [1.82, 2.24) is 20.0 Å². The minimum Gasteiger partial charge on any atom is -0.479 e. The highest BCUT2D eigenvalue weighted by Crippen LogP contribution is 2.36. The lowest BCUT2D eigenvalue weighted by atomic mass is 9.91. The largest absolute Gasteiger partial charge is 0.479 e. The molecule has 0 saturated heterocycles. The number of anilines is 1. The molecule has 2 heterocycles. The summed E-state index contributed by atoms with van der Waals surface area (Å²) in [5, 5.41) is 13.1. The fourth-order valence-electron chi connectivity index (χ4n) is 3.32. The maximum atomic E-state index is 13.2. The van der Waals surface area contributed by atoms with Crippen LogP contribution in [0.15, 0.2) is 60.1 Å². The van der Waals surface area contributed by atoms with Gasteiger partial charge in [0.15, 0.2) is 0 Å². The minimum absolute atomic E-state index is 0.0849. The highest BCUT2D eigenvalue weighted by molar-refractivity contribution is 5.91. The lowest BCUT2D eigenvalue weighted by Gasteiger charge is -2.15. The van der Waals surface area contributed by atoms with Crippen LogP contribution in [0.3, 0.4) is 0 Å². The number of amides is 1. The molecule has 1 unspecified atom stereocenters. The maximum absolute atomic E-state index is 13.2. The summed E-state index contributed by atoms with van der Waals surface area (Å²) < 4.78 is 46.5. The molecule has 0 bridgehead atoms. The Bertz CT molecular complexity index is 1310. The number of rotatable bonds is 9. The van der Waals surface area contributed by atoms with Gasteiger partial charge in [0.2, 0.25) is 5.88 Å². The number of hydrazone groups is 1. The van der Waals surface area contributed by atoms with Crippen molar-refractivity contribution in [2.75, 3.05) is 12.8 Å². The summed E-state index contributed by atoms with van der Waals surface area (Å²) in [6, 6.07) is 10.3. The average Bonchev–Trinajstić information content (AvgIpc) is 3.30. The quantitative estimate of drug-likeness (QED) is 0.260. The Labute approximate surface area is 204 Å². The van der Waals surface area contributed by atoms with E-state index >= 15 is 0 Å². The van der Waals surface area contributed by atoms with Crippen LogP contribution in [0.25, 0.3) is 11.8 Å². The molecule has 3 rings (SSSR count). The fourth-order valence-corrected chi connectivity index (χ4v) is 3.32. The molecule has 1 atom stereocenters. The van der Waals surface area contributed by atoms with Crippen molar-refractivity contribution >= 4 is 24.0 Å². The highest BCUT2D eigenvalue weighted by Gasteiger charge is 2.34. The molecule has 0 radical (unpaired) electrons. The molecule has 2 aromatic heterocycles. The number of halogens is 3. The maximum Gasteiger partial charge on any atom is 0.416 e. The van der Waals surface area contributed by atoms with E-state index < -0.39 is 23.6 Å². The number of nitrogens with zero attached hydrogens (tertiary/aromatic N) is 5. The van der Waals surface area contributed by atoms with Gasteiger partial charge in [-0.25, -0.2) is 15.4 Å². The smallest absolute Gasteiger partial charge is 0.416 e. The van der Waals surface area contributed by atoms with Gasteiger partial charge in [0, 0.05) is 12.3 Å². The Hall–Kier alpha value is -4.66. The van der Waals surface area contributed by atoms with Gasteiger partial charge in [0.1, 0.15) is 17.8 Å². The van der Waals surface area contributed by atoms with E-state index in [1.165, 1.54) is 50.0 Å². The molecule has 12 heteroatoms. The summed E-state index contributed by atoms with van der Waals surface area (Å²) in [6.45, 7) is 0. The molecule has 3 N–H and O–H groups in total. The summed E-state index contributed by atoms with van der Waals surface area (Å²) >= 11 is 0. The third-order valence-corrected chi connectivity index (χ3v) is 4.99. The zero-order valence-corrected chi connectivity index (χ0v) is 19.1. The zero-order chi connectivity index (χ0) is 26.1. The summed E-state index contributed by atoms with van der Waals surface area (Å²) in [5.41, 5.74) is 8.06. The molecule has 0 saturated carbocycles. The topological polar surface area (TPSA) is 131 Å². The number of hydrogen-bond donors (Lipinski definition) is 2. The number of hydrogen-bond acceptors (Lipinski definition) is 7. The standard InChI is InChI=1S/C24H22F3N7O2/c1-36-23-20(34-14-21(29)30-15-34)10-8-17(32-23)9-11-22(35)33-31-12-4-5-16(13-28)18-6-2-3-7-19(18)24(25,26)27/h2-3,6-12,14-16H,4-5,29H2,1H3,(H,33,35)/b11-9+,31-12+. The van der Waals surface area contributed by atoms with Gasteiger partial charge >= 0.3 is 6.18 Å². The number of methoxy groups -OCH3 is 1. The molecule has 0 aliphatic rings. The van der Waals surface area contributed by atoms with Gasteiger partial charge in [-0.3, -0.25) is 9.36 Å². The third kappa shape index (κ3) is 6.69. The number of aromatic nitrogens is 3. The molecule has 1 amide bonds. The first-order chi connectivity index (χ1) is 17.2. The summed E-state index contributed by atoms with van der Waals surface area (Å²) in [5.74, 6) is -0.870. The molecule has 9 nitrogen and oxygen atoms in total. The van der Waals surface area contributed by atoms with Crippen LogP contribution in [0, 0.1) is 11.3 Å². The molecule has 0 aliphatic carbocycles. The first-order valence-electron chi connectivity index (χ1n) is 10.6. The Morgan fingerprint density at radius 3 is 2.78 bits per heavy atom. The van der Waals surface area contributed by atoms with Gasteiger partial charge in [-0.1, -0.05) is 18.2 Å². The Balaban J connectivity index is 1.54. The van der Waals surface area contributed by atoms with E-state index in [9.17, 15) is 23.2 Å². The number of alkyl halides is 3. The van der Waals surface area contributed by atoms with Crippen molar-refractivity contribution in [1.29, 1.82) is 5.26 Å². The highest BCUT2D eigenvalue weighted by atomic mass is 19.4. The van der Waals surface area contributed by atoms with Crippen LogP contribution >= 0.6 is 0 Å². The second-order valence-corrected chi connectivity index (χ2v) is 7.44. The average molecular weight is 497 g/mol. The lowest BCUT2D eigenvalue weighted by molar-refractivity contribution is -0.138. The van der Waals surface area contributed by atoms with Gasteiger partial charge in [-0.2, -0.15) is 23.5 Å². The van der Waals surface area contributed by atoms with Crippen molar-refractivity contribution in [3.05, 3.63) is 71.8 Å². The van der Waals surface area contributed by atoms with Gasteiger partial charge in [0.25, 0.3) is 5.91 Å². The molecule has 1 aromatic carbocycles. The van der Waals surface area contributed by atoms with Crippen LogP contribution in [-0.2, 0) is 11.0 Å². The summed E-state index contributed by atoms with van der Waals surface area (Å²) in [4.78, 5) is 20.3. The van der Waals surface area contributed by atoms with Crippen LogP contribution in [0.1, 0.15) is 35.6 Å². The van der Waals surface area contributed by atoms with E-state index in [4.69, 9.17) is 10.5 Å². The third-order valence-electron chi connectivity index (χ3n) is 4.99. The van der Waals surface area contributed by atoms with E-state index in [1.54, 1.807) is 22.9 Å². The second kappa shape index (κ2) is 11.7. The van der Waals surface area contributed by atoms with E-state index in [1.807, 2.05) is 6.07 Å². The van der Waals surface area contributed by atoms with E-state index in [0.29, 0.717) is 23.1 Å². The Kier molecular flexibility index (Phi) is 8.40. The number of nitrogens with two attached hydrogens (primary N) is 1. The Morgan fingerprint density at radius 2 is 2.11 bits per heavy atom. The number of pyridine rings is 1. The predicted octanol–water partition coefficient (Wildman–Crippen LogP) is 4.08. The molecule has 186 valence electrons. The number of carbonyl (C=O) groups excluding carboxylic acids is 1. The molecule has 0 fully saturated rings. The van der Waals surface area contributed by atoms with E-state index in [-0.39, 0.29) is 18.4 Å². The first kappa shape index (κ1) is 26.0. The van der Waals surface area contributed by atoms with Gasteiger partial charge in [0.05, 0.1) is 36.6 Å². The van der Waals surface area contributed by atoms with Crippen LogP contribution in [0.4, 0.5) is 19.0 Å². The second-order valence-electron chi connectivity index (χ2n) is 7.44. The molecular weight excluding hydrogens is 475 g/mol. The number of ether oxygens (including phenoxy) is 1. The monoisotopic (exact) mass is 497 g/mol. The van der Waals surface area contributed by atoms with Gasteiger partial charge in [-0.15, -0.1) is 0 Å². The number of benzene rings is 1. The number of nitrogens with one attached hydrogen (secondary N) is 1.